The van der Waals surface area contributed by atoms with Crippen LogP contribution >= 0.6 is 0 Å². The second-order valence-electron chi connectivity index (χ2n) is 7.50. The van der Waals surface area contributed by atoms with Gasteiger partial charge in [0.1, 0.15) is 17.5 Å². The highest BCUT2D eigenvalue weighted by molar-refractivity contribution is 5.96. The largest absolute Gasteiger partial charge is 0.383 e. The van der Waals surface area contributed by atoms with E-state index in [1.807, 2.05) is 54.6 Å². The van der Waals surface area contributed by atoms with Gasteiger partial charge in [-0.05, 0) is 42.5 Å². The summed E-state index contributed by atoms with van der Waals surface area (Å²) in [6.45, 7) is 0. The molecule has 0 radical (unpaired) electrons. The van der Waals surface area contributed by atoms with E-state index in [0.717, 1.165) is 11.1 Å². The molecule has 0 spiro atoms. The molecule has 3 aromatic rings. The van der Waals surface area contributed by atoms with Gasteiger partial charge in [-0.3, -0.25) is 9.59 Å². The molecule has 7 N–H and O–H groups in total. The molecule has 0 saturated carbocycles. The number of dihydropyridines is 1. The number of carbonyl (C=O) groups excluding carboxylic acids is 2. The van der Waals surface area contributed by atoms with Gasteiger partial charge in [0, 0.05) is 5.92 Å². The number of rotatable bonds is 7. The summed E-state index contributed by atoms with van der Waals surface area (Å²) in [5.74, 6) is -2.15. The van der Waals surface area contributed by atoms with E-state index in [0.29, 0.717) is 11.3 Å². The first kappa shape index (κ1) is 20.4. The second kappa shape index (κ2) is 8.08. The number of nitrogens with two attached hydrogens (primary N) is 2. The van der Waals surface area contributed by atoms with Crippen LogP contribution in [0.1, 0.15) is 11.4 Å². The molecule has 2 aromatic carbocycles. The number of nitrogens with zero attached hydrogens (tertiary/aromatic N) is 1. The number of para-hydroxylation sites is 2. The topological polar surface area (TPSA) is 147 Å². The lowest BCUT2D eigenvalue weighted by atomic mass is 9.70. The van der Waals surface area contributed by atoms with Crippen molar-refractivity contribution >= 4 is 22.8 Å². The zero-order valence-corrected chi connectivity index (χ0v) is 16.7. The van der Waals surface area contributed by atoms with Gasteiger partial charge in [0.15, 0.2) is 0 Å². The fraction of sp³-hybridized carbons (Fsp3) is 0.174. The molecule has 31 heavy (non-hydrogen) atoms. The Morgan fingerprint density at radius 1 is 1.06 bits per heavy atom. The zero-order valence-electron chi connectivity index (χ0n) is 16.7. The first-order valence-corrected chi connectivity index (χ1v) is 9.85. The van der Waals surface area contributed by atoms with Crippen molar-refractivity contribution < 1.29 is 14.7 Å². The molecule has 0 bridgehead atoms. The lowest BCUT2D eigenvalue weighted by Gasteiger charge is -2.43. The van der Waals surface area contributed by atoms with E-state index in [9.17, 15) is 14.7 Å². The predicted molar refractivity (Wildman–Crippen MR) is 116 cm³/mol. The van der Waals surface area contributed by atoms with Gasteiger partial charge in [-0.1, -0.05) is 42.5 Å². The maximum atomic E-state index is 12.5. The molecule has 1 aliphatic heterocycles. The molecule has 0 fully saturated rings. The Morgan fingerprint density at radius 2 is 1.77 bits per heavy atom. The standard InChI is InChI=1S/C23H23N5O3/c24-20(30)15-9-6-12-26-23(15,22-27-17-10-4-5-11-18(17)28-22)16(19(29)21(25)31)13-14-7-2-1-3-8-14/h1-12,16,19,26,29H,13H2,(H2,24,30)(H2,25,31)(H,27,28). The Labute approximate surface area is 178 Å². The van der Waals surface area contributed by atoms with Gasteiger partial charge in [0.05, 0.1) is 16.6 Å². The molecule has 8 nitrogen and oxygen atoms in total. The summed E-state index contributed by atoms with van der Waals surface area (Å²) < 4.78 is 0. The highest BCUT2D eigenvalue weighted by atomic mass is 16.3. The molecule has 3 atom stereocenters. The average molecular weight is 417 g/mol. The monoisotopic (exact) mass is 417 g/mol. The van der Waals surface area contributed by atoms with Crippen LogP contribution < -0.4 is 16.8 Å². The minimum atomic E-state index is -1.59. The van der Waals surface area contributed by atoms with Crippen molar-refractivity contribution in [1.82, 2.24) is 15.3 Å². The highest BCUT2D eigenvalue weighted by Gasteiger charge is 2.52. The number of fused-ring (bicyclic) bond motifs is 1. The van der Waals surface area contributed by atoms with Crippen molar-refractivity contribution in [3.63, 3.8) is 0 Å². The summed E-state index contributed by atoms with van der Waals surface area (Å²) in [6.07, 6.45) is 3.48. The molecule has 158 valence electrons. The van der Waals surface area contributed by atoms with Crippen molar-refractivity contribution in [1.29, 1.82) is 0 Å². The van der Waals surface area contributed by atoms with E-state index in [2.05, 4.69) is 15.3 Å². The first-order valence-electron chi connectivity index (χ1n) is 9.85. The maximum absolute atomic E-state index is 12.5. The molecule has 3 unspecified atom stereocenters. The summed E-state index contributed by atoms with van der Waals surface area (Å²) in [7, 11) is 0. The van der Waals surface area contributed by atoms with Crippen molar-refractivity contribution in [3.8, 4) is 0 Å². The SMILES string of the molecule is NC(=O)C1=CC=CNC1(c1nc2ccccc2[nH]1)C(Cc1ccccc1)C(O)C(N)=O. The minimum absolute atomic E-state index is 0.162. The summed E-state index contributed by atoms with van der Waals surface area (Å²) in [6, 6.07) is 16.7. The molecule has 1 aromatic heterocycles. The maximum Gasteiger partial charge on any atom is 0.247 e. The molecular weight excluding hydrogens is 394 g/mol. The predicted octanol–water partition coefficient (Wildman–Crippen LogP) is 0.992. The number of benzene rings is 2. The average Bonchev–Trinajstić information content (AvgIpc) is 3.22. The van der Waals surface area contributed by atoms with Crippen LogP contribution in [-0.2, 0) is 21.5 Å². The Morgan fingerprint density at radius 3 is 2.45 bits per heavy atom. The van der Waals surface area contributed by atoms with Crippen LogP contribution in [0.25, 0.3) is 11.0 Å². The smallest absolute Gasteiger partial charge is 0.247 e. The fourth-order valence-electron chi connectivity index (χ4n) is 4.20. The van der Waals surface area contributed by atoms with Crippen LogP contribution in [0.3, 0.4) is 0 Å². The number of hydrogen-bond acceptors (Lipinski definition) is 5. The number of allylic oxidation sites excluding steroid dienone is 2. The molecule has 1 aliphatic rings. The number of amides is 2. The molecule has 8 heteroatoms. The van der Waals surface area contributed by atoms with Crippen molar-refractivity contribution in [2.75, 3.05) is 0 Å². The quantitative estimate of drug-likeness (QED) is 0.389. The number of nitrogens with one attached hydrogen (secondary N) is 2. The van der Waals surface area contributed by atoms with Crippen molar-refractivity contribution in [3.05, 3.63) is 89.9 Å². The number of hydrogen-bond donors (Lipinski definition) is 5. The van der Waals surface area contributed by atoms with Gasteiger partial charge < -0.3 is 26.9 Å². The van der Waals surface area contributed by atoms with Gasteiger partial charge in [0.2, 0.25) is 11.8 Å². The van der Waals surface area contributed by atoms with Crippen LogP contribution in [0.5, 0.6) is 0 Å². The fourth-order valence-corrected chi connectivity index (χ4v) is 4.20. The number of carbonyl (C=O) groups is 2. The number of aliphatic hydroxyl groups excluding tert-OH is 1. The Balaban J connectivity index is 1.96. The first-order chi connectivity index (χ1) is 14.9. The molecule has 2 amide bonds. The van der Waals surface area contributed by atoms with E-state index >= 15 is 0 Å². The minimum Gasteiger partial charge on any atom is -0.383 e. The molecule has 2 heterocycles. The number of aromatic amines is 1. The number of aliphatic hydroxyl groups is 1. The Kier molecular flexibility index (Phi) is 5.31. The van der Waals surface area contributed by atoms with E-state index < -0.39 is 29.4 Å². The highest BCUT2D eigenvalue weighted by Crippen LogP contribution is 2.41. The van der Waals surface area contributed by atoms with Gasteiger partial charge in [-0.15, -0.1) is 0 Å². The molecular formula is C23H23N5O3. The van der Waals surface area contributed by atoms with E-state index in [1.165, 1.54) is 0 Å². The number of primary amides is 2. The van der Waals surface area contributed by atoms with Crippen LogP contribution in [-0.4, -0.2) is 33.0 Å². The summed E-state index contributed by atoms with van der Waals surface area (Å²) >= 11 is 0. The third kappa shape index (κ3) is 3.57. The van der Waals surface area contributed by atoms with Crippen LogP contribution in [0.15, 0.2) is 78.5 Å². The van der Waals surface area contributed by atoms with Gasteiger partial charge in [-0.25, -0.2) is 4.98 Å². The summed E-state index contributed by atoms with van der Waals surface area (Å²) in [5.41, 5.74) is 12.3. The van der Waals surface area contributed by atoms with E-state index in [4.69, 9.17) is 11.5 Å². The number of H-pyrrole nitrogens is 1. The lowest BCUT2D eigenvalue weighted by Crippen LogP contribution is -2.58. The zero-order chi connectivity index (χ0) is 22.0. The van der Waals surface area contributed by atoms with Gasteiger partial charge in [0.25, 0.3) is 0 Å². The van der Waals surface area contributed by atoms with Gasteiger partial charge in [-0.2, -0.15) is 0 Å². The van der Waals surface area contributed by atoms with Crippen molar-refractivity contribution in [2.24, 2.45) is 17.4 Å². The van der Waals surface area contributed by atoms with Gasteiger partial charge >= 0.3 is 0 Å². The van der Waals surface area contributed by atoms with E-state index in [-0.39, 0.29) is 12.0 Å². The lowest BCUT2D eigenvalue weighted by molar-refractivity contribution is -0.131. The van der Waals surface area contributed by atoms with Crippen LogP contribution in [0.2, 0.25) is 0 Å². The summed E-state index contributed by atoms with van der Waals surface area (Å²) in [4.78, 5) is 32.6. The Bertz CT molecular complexity index is 1150. The molecule has 0 saturated heterocycles. The van der Waals surface area contributed by atoms with Crippen molar-refractivity contribution in [2.45, 2.75) is 18.1 Å². The van der Waals surface area contributed by atoms with E-state index in [1.54, 1.807) is 18.4 Å². The summed E-state index contributed by atoms with van der Waals surface area (Å²) in [5, 5.41) is 14.1. The number of imidazole rings is 1. The second-order valence-corrected chi connectivity index (χ2v) is 7.50. The van der Waals surface area contributed by atoms with Crippen LogP contribution in [0.4, 0.5) is 0 Å². The Hall–Kier alpha value is -3.91. The third-order valence-electron chi connectivity index (χ3n) is 5.65. The third-order valence-corrected chi connectivity index (χ3v) is 5.65. The number of aromatic nitrogens is 2. The normalized spacial score (nSPS) is 20.0. The molecule has 4 rings (SSSR count). The van der Waals surface area contributed by atoms with Crippen LogP contribution in [0, 0.1) is 5.92 Å². The molecule has 0 aliphatic carbocycles.